The van der Waals surface area contributed by atoms with Gasteiger partial charge >= 0.3 is 5.69 Å². The Kier molecular flexibility index (Phi) is 4.41. The molecule has 2 heterocycles. The number of furan rings is 1. The van der Waals surface area contributed by atoms with Gasteiger partial charge in [-0.1, -0.05) is 0 Å². The van der Waals surface area contributed by atoms with Crippen LogP contribution in [0.2, 0.25) is 0 Å². The summed E-state index contributed by atoms with van der Waals surface area (Å²) in [6, 6.07) is 3.17. The van der Waals surface area contributed by atoms with Crippen molar-refractivity contribution in [2.45, 2.75) is 6.54 Å². The molecular formula is C11H12N4O4S. The van der Waals surface area contributed by atoms with Gasteiger partial charge in [-0.3, -0.25) is 19.6 Å². The monoisotopic (exact) mass is 296 g/mol. The number of nitro groups is 1. The molecule has 2 aromatic heterocycles. The van der Waals surface area contributed by atoms with E-state index in [4.69, 9.17) is 4.42 Å². The van der Waals surface area contributed by atoms with E-state index in [1.54, 1.807) is 12.1 Å². The van der Waals surface area contributed by atoms with E-state index in [2.05, 4.69) is 23.0 Å². The summed E-state index contributed by atoms with van der Waals surface area (Å²) in [7, 11) is 0. The third-order valence-electron chi connectivity index (χ3n) is 2.43. The maximum atomic E-state index is 11.6. The number of hydrogen-bond donors (Lipinski definition) is 2. The van der Waals surface area contributed by atoms with Crippen molar-refractivity contribution in [3.8, 4) is 0 Å². The van der Waals surface area contributed by atoms with Crippen LogP contribution in [0.15, 0.2) is 28.9 Å². The minimum absolute atomic E-state index is 0.0942. The Hall–Kier alpha value is -2.29. The van der Waals surface area contributed by atoms with Gasteiger partial charge in [-0.25, -0.2) is 0 Å². The zero-order chi connectivity index (χ0) is 14.5. The van der Waals surface area contributed by atoms with Crippen LogP contribution in [-0.2, 0) is 6.54 Å². The average molecular weight is 296 g/mol. The van der Waals surface area contributed by atoms with E-state index in [0.29, 0.717) is 18.1 Å². The van der Waals surface area contributed by atoms with Crippen molar-refractivity contribution in [1.29, 1.82) is 0 Å². The molecule has 0 unspecified atom stereocenters. The van der Waals surface area contributed by atoms with Gasteiger partial charge in [0.2, 0.25) is 0 Å². The van der Waals surface area contributed by atoms with Gasteiger partial charge in [-0.2, -0.15) is 17.7 Å². The second-order valence-electron chi connectivity index (χ2n) is 3.90. The molecule has 2 rings (SSSR count). The number of carbonyl (C=O) groups is 1. The number of amides is 1. The van der Waals surface area contributed by atoms with Crippen LogP contribution < -0.4 is 5.32 Å². The van der Waals surface area contributed by atoms with E-state index in [1.807, 2.05) is 0 Å². The molecule has 0 saturated heterocycles. The van der Waals surface area contributed by atoms with Gasteiger partial charge in [0.05, 0.1) is 11.5 Å². The molecule has 0 spiro atoms. The lowest BCUT2D eigenvalue weighted by atomic mass is 10.4. The van der Waals surface area contributed by atoms with E-state index >= 15 is 0 Å². The van der Waals surface area contributed by atoms with Gasteiger partial charge in [0.1, 0.15) is 18.2 Å². The van der Waals surface area contributed by atoms with Crippen LogP contribution in [0.1, 0.15) is 16.3 Å². The SMILES string of the molecule is O=C(NCCS)c1ccc(Cn2cc([N+](=O)[O-])cn2)o1. The highest BCUT2D eigenvalue weighted by Gasteiger charge is 2.13. The summed E-state index contributed by atoms with van der Waals surface area (Å²) in [5, 5.41) is 17.0. The van der Waals surface area contributed by atoms with E-state index < -0.39 is 4.92 Å². The topological polar surface area (TPSA) is 103 Å². The van der Waals surface area contributed by atoms with Crippen LogP contribution in [-0.4, -0.2) is 32.9 Å². The lowest BCUT2D eigenvalue weighted by Crippen LogP contribution is -2.24. The first-order chi connectivity index (χ1) is 9.60. The first-order valence-corrected chi connectivity index (χ1v) is 6.38. The van der Waals surface area contributed by atoms with Crippen LogP contribution in [0, 0.1) is 10.1 Å². The quantitative estimate of drug-likeness (QED) is 0.472. The second-order valence-corrected chi connectivity index (χ2v) is 4.35. The van der Waals surface area contributed by atoms with E-state index in [-0.39, 0.29) is 23.9 Å². The Balaban J connectivity index is 2.01. The van der Waals surface area contributed by atoms with Crippen LogP contribution >= 0.6 is 12.6 Å². The fourth-order valence-electron chi connectivity index (χ4n) is 1.53. The number of nitrogens with zero attached hydrogens (tertiary/aromatic N) is 3. The normalized spacial score (nSPS) is 10.4. The molecule has 0 aliphatic rings. The second kappa shape index (κ2) is 6.24. The number of thiol groups is 1. The molecule has 1 amide bonds. The molecule has 2 aromatic rings. The average Bonchev–Trinajstić information content (AvgIpc) is 3.05. The molecule has 0 aromatic carbocycles. The summed E-state index contributed by atoms with van der Waals surface area (Å²) in [6.07, 6.45) is 2.45. The van der Waals surface area contributed by atoms with Crippen molar-refractivity contribution in [2.75, 3.05) is 12.3 Å². The molecule has 1 N–H and O–H groups in total. The number of hydrogen-bond acceptors (Lipinski definition) is 6. The lowest BCUT2D eigenvalue weighted by Gasteiger charge is -2.00. The smallest absolute Gasteiger partial charge is 0.307 e. The lowest BCUT2D eigenvalue weighted by molar-refractivity contribution is -0.385. The summed E-state index contributed by atoms with van der Waals surface area (Å²) < 4.78 is 6.72. The Bertz CT molecular complexity index is 621. The van der Waals surface area contributed by atoms with Crippen molar-refractivity contribution in [2.24, 2.45) is 0 Å². The molecule has 20 heavy (non-hydrogen) atoms. The molecule has 8 nitrogen and oxygen atoms in total. The highest BCUT2D eigenvalue weighted by molar-refractivity contribution is 7.80. The van der Waals surface area contributed by atoms with Crippen molar-refractivity contribution < 1.29 is 14.1 Å². The molecule has 0 saturated carbocycles. The molecule has 9 heteroatoms. The largest absolute Gasteiger partial charge is 0.454 e. The highest BCUT2D eigenvalue weighted by atomic mass is 32.1. The summed E-state index contributed by atoms with van der Waals surface area (Å²) in [4.78, 5) is 21.6. The molecular weight excluding hydrogens is 284 g/mol. The van der Waals surface area contributed by atoms with E-state index in [9.17, 15) is 14.9 Å². The highest BCUT2D eigenvalue weighted by Crippen LogP contribution is 2.12. The maximum Gasteiger partial charge on any atom is 0.307 e. The first kappa shape index (κ1) is 14.1. The van der Waals surface area contributed by atoms with Crippen molar-refractivity contribution in [3.63, 3.8) is 0 Å². The Morgan fingerprint density at radius 3 is 3.00 bits per heavy atom. The molecule has 0 aliphatic carbocycles. The van der Waals surface area contributed by atoms with Crippen LogP contribution in [0.25, 0.3) is 0 Å². The third kappa shape index (κ3) is 3.38. The molecule has 0 fully saturated rings. The predicted molar refractivity (Wildman–Crippen MR) is 72.9 cm³/mol. The van der Waals surface area contributed by atoms with Gasteiger partial charge in [0, 0.05) is 12.3 Å². The van der Waals surface area contributed by atoms with Crippen molar-refractivity contribution >= 4 is 24.2 Å². The summed E-state index contributed by atoms with van der Waals surface area (Å²) in [5.41, 5.74) is -0.0942. The third-order valence-corrected chi connectivity index (χ3v) is 2.65. The summed E-state index contributed by atoms with van der Waals surface area (Å²) in [5.74, 6) is 0.884. The van der Waals surface area contributed by atoms with Crippen LogP contribution in [0.3, 0.4) is 0 Å². The summed E-state index contributed by atoms with van der Waals surface area (Å²) in [6.45, 7) is 0.664. The van der Waals surface area contributed by atoms with E-state index in [1.165, 1.54) is 10.9 Å². The molecule has 0 bridgehead atoms. The number of aromatic nitrogens is 2. The predicted octanol–water partition coefficient (Wildman–Crippen LogP) is 1.09. The number of rotatable bonds is 6. The van der Waals surface area contributed by atoms with Gasteiger partial charge in [0.25, 0.3) is 5.91 Å². The summed E-state index contributed by atoms with van der Waals surface area (Å²) >= 11 is 3.99. The molecule has 106 valence electrons. The van der Waals surface area contributed by atoms with Crippen molar-refractivity contribution in [1.82, 2.24) is 15.1 Å². The molecule has 0 atom stereocenters. The van der Waals surface area contributed by atoms with Gasteiger partial charge < -0.3 is 9.73 Å². The Morgan fingerprint density at radius 2 is 2.35 bits per heavy atom. The zero-order valence-corrected chi connectivity index (χ0v) is 11.2. The van der Waals surface area contributed by atoms with Gasteiger partial charge in [0.15, 0.2) is 5.76 Å². The molecule has 0 radical (unpaired) electrons. The standard InChI is InChI=1S/C11H12N4O4S/c16-11(12-3-4-20)10-2-1-9(19-10)7-14-6-8(5-13-14)15(17)18/h1-2,5-6,20H,3-4,7H2,(H,12,16). The van der Waals surface area contributed by atoms with Crippen molar-refractivity contribution in [3.05, 3.63) is 46.2 Å². The Labute approximate surface area is 119 Å². The molecule has 0 aliphatic heterocycles. The number of nitrogens with one attached hydrogen (secondary N) is 1. The maximum absolute atomic E-state index is 11.6. The van der Waals surface area contributed by atoms with Crippen LogP contribution in [0.4, 0.5) is 5.69 Å². The minimum Gasteiger partial charge on any atom is -0.454 e. The fourth-order valence-corrected chi connectivity index (χ4v) is 1.65. The van der Waals surface area contributed by atoms with Crippen LogP contribution in [0.5, 0.6) is 0 Å². The zero-order valence-electron chi connectivity index (χ0n) is 10.4. The number of carbonyl (C=O) groups excluding carboxylic acids is 1. The first-order valence-electron chi connectivity index (χ1n) is 5.75. The van der Waals surface area contributed by atoms with Gasteiger partial charge in [-0.15, -0.1) is 0 Å². The van der Waals surface area contributed by atoms with E-state index in [0.717, 1.165) is 6.20 Å². The van der Waals surface area contributed by atoms with Gasteiger partial charge in [-0.05, 0) is 12.1 Å². The minimum atomic E-state index is -0.526. The Morgan fingerprint density at radius 1 is 1.55 bits per heavy atom. The fraction of sp³-hybridized carbons (Fsp3) is 0.273.